The van der Waals surface area contributed by atoms with E-state index in [0.717, 1.165) is 38.0 Å². The minimum atomic E-state index is -0.0942. The summed E-state index contributed by atoms with van der Waals surface area (Å²) in [6.45, 7) is 2.29. The van der Waals surface area contributed by atoms with Crippen molar-refractivity contribution in [2.24, 2.45) is 5.92 Å². The van der Waals surface area contributed by atoms with Crippen LogP contribution in [0.4, 0.5) is 0 Å². The van der Waals surface area contributed by atoms with E-state index in [9.17, 15) is 0 Å². The van der Waals surface area contributed by atoms with Crippen LogP contribution < -0.4 is 5.32 Å². The maximum absolute atomic E-state index is 6.41. The van der Waals surface area contributed by atoms with Crippen molar-refractivity contribution >= 4 is 23.2 Å². The molecule has 2 aliphatic heterocycles. The standard InChI is InChI=1S/C16H21Cl2NO2/c1-19-15(12-3-2-4-13(17)14(12)18)11-5-7-21-16(9-11)6-8-20-10-16/h2-4,11,15,19H,5-10H2,1H3. The molecule has 3 unspecified atom stereocenters. The van der Waals surface area contributed by atoms with E-state index in [4.69, 9.17) is 32.7 Å². The lowest BCUT2D eigenvalue weighted by Crippen LogP contribution is -2.43. The Labute approximate surface area is 135 Å². The minimum absolute atomic E-state index is 0.0942. The summed E-state index contributed by atoms with van der Waals surface area (Å²) < 4.78 is 11.6. The van der Waals surface area contributed by atoms with Crippen LogP contribution in [0.3, 0.4) is 0 Å². The monoisotopic (exact) mass is 329 g/mol. The van der Waals surface area contributed by atoms with Gasteiger partial charge in [0.05, 0.1) is 22.3 Å². The lowest BCUT2D eigenvalue weighted by Gasteiger charge is -2.40. The number of rotatable bonds is 3. The Bertz CT molecular complexity index is 503. The number of halogens is 2. The van der Waals surface area contributed by atoms with Gasteiger partial charge in [0.1, 0.15) is 0 Å². The molecule has 0 bridgehead atoms. The molecule has 2 aliphatic rings. The first-order valence-electron chi connectivity index (χ1n) is 7.48. The average molecular weight is 330 g/mol. The Kier molecular flexibility index (Phi) is 4.77. The number of nitrogens with one attached hydrogen (secondary N) is 1. The molecule has 0 amide bonds. The van der Waals surface area contributed by atoms with Crippen LogP contribution in [0, 0.1) is 5.92 Å². The van der Waals surface area contributed by atoms with Gasteiger partial charge in [0.15, 0.2) is 0 Å². The van der Waals surface area contributed by atoms with Crippen LogP contribution in [0.5, 0.6) is 0 Å². The molecule has 1 aromatic carbocycles. The van der Waals surface area contributed by atoms with Crippen LogP contribution in [-0.4, -0.2) is 32.5 Å². The van der Waals surface area contributed by atoms with Gasteiger partial charge in [-0.1, -0.05) is 35.3 Å². The van der Waals surface area contributed by atoms with Crippen molar-refractivity contribution in [3.63, 3.8) is 0 Å². The third-order valence-corrected chi connectivity index (χ3v) is 5.53. The maximum atomic E-state index is 6.41. The van der Waals surface area contributed by atoms with Crippen molar-refractivity contribution < 1.29 is 9.47 Å². The highest BCUT2D eigenvalue weighted by Gasteiger charge is 2.43. The number of benzene rings is 1. The fourth-order valence-electron chi connectivity index (χ4n) is 3.62. The number of hydrogen-bond acceptors (Lipinski definition) is 3. The molecular weight excluding hydrogens is 309 g/mol. The summed E-state index contributed by atoms with van der Waals surface area (Å²) >= 11 is 12.6. The molecule has 2 fully saturated rings. The normalized spacial score (nSPS) is 30.7. The van der Waals surface area contributed by atoms with Crippen LogP contribution >= 0.6 is 23.2 Å². The summed E-state index contributed by atoms with van der Waals surface area (Å²) in [5.41, 5.74) is 0.982. The molecule has 5 heteroatoms. The summed E-state index contributed by atoms with van der Waals surface area (Å²) in [6.07, 6.45) is 3.01. The Morgan fingerprint density at radius 2 is 2.19 bits per heavy atom. The van der Waals surface area contributed by atoms with Gasteiger partial charge in [-0.3, -0.25) is 0 Å². The molecular formula is C16H21Cl2NO2. The molecule has 0 aromatic heterocycles. The van der Waals surface area contributed by atoms with Crippen LogP contribution in [-0.2, 0) is 9.47 Å². The summed E-state index contributed by atoms with van der Waals surface area (Å²) in [4.78, 5) is 0. The van der Waals surface area contributed by atoms with Crippen LogP contribution in [0.25, 0.3) is 0 Å². The van der Waals surface area contributed by atoms with Crippen molar-refractivity contribution in [2.45, 2.75) is 30.9 Å². The highest BCUT2D eigenvalue weighted by Crippen LogP contribution is 2.43. The molecule has 3 nitrogen and oxygen atoms in total. The van der Waals surface area contributed by atoms with Crippen LogP contribution in [0.1, 0.15) is 30.9 Å². The number of ether oxygens (including phenoxy) is 2. The topological polar surface area (TPSA) is 30.5 Å². The first kappa shape index (κ1) is 15.6. The molecule has 3 rings (SSSR count). The first-order valence-corrected chi connectivity index (χ1v) is 8.24. The molecule has 21 heavy (non-hydrogen) atoms. The van der Waals surface area contributed by atoms with Gasteiger partial charge in [-0.15, -0.1) is 0 Å². The van der Waals surface area contributed by atoms with Gasteiger partial charge in [0.25, 0.3) is 0 Å². The Morgan fingerprint density at radius 1 is 1.33 bits per heavy atom. The zero-order valence-corrected chi connectivity index (χ0v) is 13.7. The zero-order valence-electron chi connectivity index (χ0n) is 12.2. The first-order chi connectivity index (χ1) is 10.2. The fraction of sp³-hybridized carbons (Fsp3) is 0.625. The third kappa shape index (κ3) is 3.08. The lowest BCUT2D eigenvalue weighted by molar-refractivity contribution is -0.103. The van der Waals surface area contributed by atoms with Crippen LogP contribution in [0.2, 0.25) is 10.0 Å². The SMILES string of the molecule is CNC(c1cccc(Cl)c1Cl)C1CCOC2(CCOC2)C1. The van der Waals surface area contributed by atoms with Crippen molar-refractivity contribution in [3.8, 4) is 0 Å². The van der Waals surface area contributed by atoms with Gasteiger partial charge >= 0.3 is 0 Å². The second-order valence-electron chi connectivity index (χ2n) is 6.00. The second-order valence-corrected chi connectivity index (χ2v) is 6.78. The molecule has 3 atom stereocenters. The average Bonchev–Trinajstić information content (AvgIpc) is 2.92. The van der Waals surface area contributed by atoms with Gasteiger partial charge in [0, 0.05) is 25.7 Å². The lowest BCUT2D eigenvalue weighted by atomic mass is 9.79. The van der Waals surface area contributed by atoms with Gasteiger partial charge in [-0.2, -0.15) is 0 Å². The van der Waals surface area contributed by atoms with Crippen molar-refractivity contribution in [2.75, 3.05) is 26.9 Å². The molecule has 1 N–H and O–H groups in total. The highest BCUT2D eigenvalue weighted by atomic mass is 35.5. The summed E-state index contributed by atoms with van der Waals surface area (Å²) in [6, 6.07) is 6.04. The molecule has 2 heterocycles. The van der Waals surface area contributed by atoms with E-state index < -0.39 is 0 Å². The fourth-order valence-corrected chi connectivity index (χ4v) is 4.04. The van der Waals surface area contributed by atoms with Gasteiger partial charge in [-0.25, -0.2) is 0 Å². The quantitative estimate of drug-likeness (QED) is 0.913. The Hall–Kier alpha value is -0.320. The van der Waals surface area contributed by atoms with E-state index in [1.54, 1.807) is 0 Å². The summed E-state index contributed by atoms with van der Waals surface area (Å²) in [5, 5.41) is 4.69. The molecule has 0 aliphatic carbocycles. The minimum Gasteiger partial charge on any atom is -0.378 e. The third-order valence-electron chi connectivity index (χ3n) is 4.70. The largest absolute Gasteiger partial charge is 0.378 e. The predicted octanol–water partition coefficient (Wildman–Crippen LogP) is 3.84. The number of hydrogen-bond donors (Lipinski definition) is 1. The molecule has 116 valence electrons. The second kappa shape index (κ2) is 6.43. The van der Waals surface area contributed by atoms with E-state index in [2.05, 4.69) is 11.4 Å². The van der Waals surface area contributed by atoms with Crippen molar-refractivity contribution in [1.29, 1.82) is 0 Å². The molecule has 1 spiro atoms. The van der Waals surface area contributed by atoms with E-state index >= 15 is 0 Å². The van der Waals surface area contributed by atoms with Gasteiger partial charge in [0.2, 0.25) is 0 Å². The van der Waals surface area contributed by atoms with E-state index in [1.165, 1.54) is 0 Å². The van der Waals surface area contributed by atoms with E-state index in [0.29, 0.717) is 22.6 Å². The molecule has 1 aromatic rings. The van der Waals surface area contributed by atoms with Gasteiger partial charge < -0.3 is 14.8 Å². The Morgan fingerprint density at radius 3 is 2.90 bits per heavy atom. The predicted molar refractivity (Wildman–Crippen MR) is 85.1 cm³/mol. The summed E-state index contributed by atoms with van der Waals surface area (Å²) in [7, 11) is 1.98. The molecule has 0 saturated carbocycles. The molecule has 2 saturated heterocycles. The van der Waals surface area contributed by atoms with E-state index in [-0.39, 0.29) is 11.6 Å². The zero-order chi connectivity index (χ0) is 14.9. The van der Waals surface area contributed by atoms with Crippen molar-refractivity contribution in [3.05, 3.63) is 33.8 Å². The smallest absolute Gasteiger partial charge is 0.0940 e. The maximum Gasteiger partial charge on any atom is 0.0940 e. The Balaban J connectivity index is 1.84. The van der Waals surface area contributed by atoms with Crippen LogP contribution in [0.15, 0.2) is 18.2 Å². The summed E-state index contributed by atoms with van der Waals surface area (Å²) in [5.74, 6) is 0.474. The molecule has 0 radical (unpaired) electrons. The van der Waals surface area contributed by atoms with Gasteiger partial charge in [-0.05, 0) is 37.4 Å². The van der Waals surface area contributed by atoms with E-state index in [1.807, 2.05) is 19.2 Å². The highest BCUT2D eigenvalue weighted by molar-refractivity contribution is 6.42. The van der Waals surface area contributed by atoms with Crippen molar-refractivity contribution in [1.82, 2.24) is 5.32 Å².